The van der Waals surface area contributed by atoms with Gasteiger partial charge in [0.05, 0.1) is 16.8 Å². The Morgan fingerprint density at radius 3 is 2.13 bits per heavy atom. The van der Waals surface area contributed by atoms with Crippen LogP contribution in [0.3, 0.4) is 0 Å². The van der Waals surface area contributed by atoms with Crippen LogP contribution in [0.4, 0.5) is 0 Å². The number of carbonyl (C=O) groups is 1. The van der Waals surface area contributed by atoms with Crippen LogP contribution in [0.15, 0.2) is 6.07 Å². The topological polar surface area (TPSA) is 34.9 Å². The van der Waals surface area contributed by atoms with Gasteiger partial charge in [-0.2, -0.15) is 5.10 Å². The van der Waals surface area contributed by atoms with E-state index in [0.29, 0.717) is 0 Å². The third-order valence-corrected chi connectivity index (χ3v) is 2.60. The van der Waals surface area contributed by atoms with E-state index in [1.807, 2.05) is 27.0 Å². The summed E-state index contributed by atoms with van der Waals surface area (Å²) in [5.41, 5.74) is 1.54. The maximum absolute atomic E-state index is 11.0. The van der Waals surface area contributed by atoms with Gasteiger partial charge in [-0.15, -0.1) is 0 Å². The smallest absolute Gasteiger partial charge is 0.131 e. The summed E-state index contributed by atoms with van der Waals surface area (Å²) < 4.78 is 1.80. The molecule has 3 nitrogen and oxygen atoms in total. The predicted molar refractivity (Wildman–Crippen MR) is 61.0 cm³/mol. The molecule has 0 aliphatic carbocycles. The number of aldehydes is 1. The van der Waals surface area contributed by atoms with Crippen LogP contribution in [0.25, 0.3) is 0 Å². The Morgan fingerprint density at radius 2 is 1.80 bits per heavy atom. The molecular weight excluding hydrogens is 188 g/mol. The van der Waals surface area contributed by atoms with Crippen LogP contribution in [0, 0.1) is 0 Å². The third-order valence-electron chi connectivity index (χ3n) is 2.60. The second-order valence-electron chi connectivity index (χ2n) is 5.63. The molecule has 0 fully saturated rings. The summed E-state index contributed by atoms with van der Waals surface area (Å²) in [7, 11) is 1.88. The van der Waals surface area contributed by atoms with Gasteiger partial charge in [0.25, 0.3) is 0 Å². The van der Waals surface area contributed by atoms with Crippen LogP contribution < -0.4 is 0 Å². The van der Waals surface area contributed by atoms with Crippen LogP contribution in [-0.2, 0) is 22.7 Å². The maximum Gasteiger partial charge on any atom is 0.131 e. The average molecular weight is 208 g/mol. The lowest BCUT2D eigenvalue weighted by atomic mass is 9.87. The zero-order valence-corrected chi connectivity index (χ0v) is 10.5. The number of hydrogen-bond acceptors (Lipinski definition) is 2. The Kier molecular flexibility index (Phi) is 2.77. The van der Waals surface area contributed by atoms with Crippen molar-refractivity contribution in [1.29, 1.82) is 0 Å². The lowest BCUT2D eigenvalue weighted by Gasteiger charge is -2.16. The third kappa shape index (κ3) is 2.28. The van der Waals surface area contributed by atoms with Crippen molar-refractivity contribution in [2.24, 2.45) is 7.05 Å². The molecule has 1 aromatic heterocycles. The summed E-state index contributed by atoms with van der Waals surface area (Å²) in [5, 5.41) is 4.45. The van der Waals surface area contributed by atoms with Gasteiger partial charge < -0.3 is 4.79 Å². The molecule has 0 N–H and O–H groups in total. The van der Waals surface area contributed by atoms with E-state index in [2.05, 4.69) is 25.9 Å². The molecule has 0 aliphatic heterocycles. The highest BCUT2D eigenvalue weighted by Gasteiger charge is 2.27. The molecule has 3 heteroatoms. The van der Waals surface area contributed by atoms with E-state index in [-0.39, 0.29) is 5.41 Å². The molecule has 84 valence electrons. The summed E-state index contributed by atoms with van der Waals surface area (Å²) in [5.74, 6) is 0. The minimum absolute atomic E-state index is 0.0228. The molecule has 0 saturated carbocycles. The van der Waals surface area contributed by atoms with Crippen molar-refractivity contribution in [2.75, 3.05) is 0 Å². The van der Waals surface area contributed by atoms with E-state index < -0.39 is 5.41 Å². The van der Waals surface area contributed by atoms with Gasteiger partial charge >= 0.3 is 0 Å². The number of nitrogens with zero attached hydrogens (tertiary/aromatic N) is 2. The van der Waals surface area contributed by atoms with Crippen LogP contribution in [0.5, 0.6) is 0 Å². The minimum Gasteiger partial charge on any atom is -0.302 e. The molecule has 0 saturated heterocycles. The maximum atomic E-state index is 11.0. The molecule has 15 heavy (non-hydrogen) atoms. The Bertz CT molecular complexity index is 369. The van der Waals surface area contributed by atoms with Crippen molar-refractivity contribution < 1.29 is 4.79 Å². The first-order valence-corrected chi connectivity index (χ1v) is 5.20. The molecule has 0 spiro atoms. The Morgan fingerprint density at radius 1 is 1.27 bits per heavy atom. The van der Waals surface area contributed by atoms with Crippen molar-refractivity contribution in [3.63, 3.8) is 0 Å². The fraction of sp³-hybridized carbons (Fsp3) is 0.667. The van der Waals surface area contributed by atoms with E-state index in [1.54, 1.807) is 4.68 Å². The minimum atomic E-state index is -0.467. The molecule has 0 radical (unpaired) electrons. The first-order chi connectivity index (χ1) is 6.68. The standard InChI is InChI=1S/C12H20N2O/c1-11(2,3)9-7-10(14(6)13-9)12(4,5)8-15/h7-8H,1-6H3. The first kappa shape index (κ1) is 12.0. The van der Waals surface area contributed by atoms with Gasteiger partial charge in [0.1, 0.15) is 6.29 Å². The fourth-order valence-electron chi connectivity index (χ4n) is 1.50. The molecule has 0 aliphatic rings. The highest BCUT2D eigenvalue weighted by atomic mass is 16.1. The number of aryl methyl sites for hydroxylation is 1. The van der Waals surface area contributed by atoms with Crippen molar-refractivity contribution >= 4 is 6.29 Å². The number of hydrogen-bond donors (Lipinski definition) is 0. The van der Waals surface area contributed by atoms with Crippen molar-refractivity contribution in [1.82, 2.24) is 9.78 Å². The molecule has 1 heterocycles. The first-order valence-electron chi connectivity index (χ1n) is 5.20. The highest BCUT2D eigenvalue weighted by Crippen LogP contribution is 2.26. The Balaban J connectivity index is 3.24. The largest absolute Gasteiger partial charge is 0.302 e. The Hall–Kier alpha value is -1.12. The summed E-state index contributed by atoms with van der Waals surface area (Å²) in [6.07, 6.45) is 0.969. The normalized spacial score (nSPS) is 12.9. The molecule has 1 rings (SSSR count). The zero-order valence-electron chi connectivity index (χ0n) is 10.5. The molecule has 0 unspecified atom stereocenters. The summed E-state index contributed by atoms with van der Waals surface area (Å²) in [6, 6.07) is 2.02. The SMILES string of the molecule is Cn1nc(C(C)(C)C)cc1C(C)(C)C=O. The van der Waals surface area contributed by atoms with Gasteiger partial charge in [-0.1, -0.05) is 20.8 Å². The fourth-order valence-corrected chi connectivity index (χ4v) is 1.50. The van der Waals surface area contributed by atoms with E-state index in [4.69, 9.17) is 0 Å². The van der Waals surface area contributed by atoms with E-state index in [0.717, 1.165) is 17.7 Å². The van der Waals surface area contributed by atoms with Gasteiger partial charge in [0, 0.05) is 12.5 Å². The van der Waals surface area contributed by atoms with E-state index >= 15 is 0 Å². The van der Waals surface area contributed by atoms with Gasteiger partial charge in [0.15, 0.2) is 0 Å². The summed E-state index contributed by atoms with van der Waals surface area (Å²) in [6.45, 7) is 10.2. The second-order valence-corrected chi connectivity index (χ2v) is 5.63. The van der Waals surface area contributed by atoms with Gasteiger partial charge in [-0.05, 0) is 19.9 Å². The number of aromatic nitrogens is 2. The van der Waals surface area contributed by atoms with Crippen molar-refractivity contribution in [2.45, 2.75) is 45.4 Å². The molecule has 1 aromatic rings. The highest BCUT2D eigenvalue weighted by molar-refractivity contribution is 5.66. The summed E-state index contributed by atoms with van der Waals surface area (Å²) in [4.78, 5) is 11.0. The predicted octanol–water partition coefficient (Wildman–Crippen LogP) is 2.19. The van der Waals surface area contributed by atoms with Gasteiger partial charge in [-0.25, -0.2) is 0 Å². The number of rotatable bonds is 2. The quantitative estimate of drug-likeness (QED) is 0.698. The molecule has 0 atom stereocenters. The van der Waals surface area contributed by atoms with Crippen molar-refractivity contribution in [3.05, 3.63) is 17.5 Å². The average Bonchev–Trinajstić information content (AvgIpc) is 2.47. The Labute approximate surface area is 91.5 Å². The lowest BCUT2D eigenvalue weighted by Crippen LogP contribution is -2.22. The summed E-state index contributed by atoms with van der Waals surface area (Å²) >= 11 is 0. The van der Waals surface area contributed by atoms with Gasteiger partial charge in [0.2, 0.25) is 0 Å². The zero-order chi connectivity index (χ0) is 11.9. The van der Waals surface area contributed by atoms with Gasteiger partial charge in [-0.3, -0.25) is 4.68 Å². The molecular formula is C12H20N2O. The van der Waals surface area contributed by atoms with Crippen LogP contribution in [-0.4, -0.2) is 16.1 Å². The molecule has 0 bridgehead atoms. The monoisotopic (exact) mass is 208 g/mol. The van der Waals surface area contributed by atoms with Crippen molar-refractivity contribution in [3.8, 4) is 0 Å². The van der Waals surface area contributed by atoms with E-state index in [1.165, 1.54) is 0 Å². The van der Waals surface area contributed by atoms with Crippen LogP contribution in [0.1, 0.15) is 46.0 Å². The number of carbonyl (C=O) groups excluding carboxylic acids is 1. The molecule has 0 amide bonds. The molecule has 0 aromatic carbocycles. The lowest BCUT2D eigenvalue weighted by molar-refractivity contribution is -0.111. The van der Waals surface area contributed by atoms with E-state index in [9.17, 15) is 4.79 Å². The second kappa shape index (κ2) is 3.47. The van der Waals surface area contributed by atoms with Crippen LogP contribution >= 0.6 is 0 Å². The van der Waals surface area contributed by atoms with Crippen LogP contribution in [0.2, 0.25) is 0 Å².